The summed E-state index contributed by atoms with van der Waals surface area (Å²) in [5.74, 6) is 0.796. The molecule has 0 amide bonds. The molecule has 2 heterocycles. The molecule has 0 radical (unpaired) electrons. The second kappa shape index (κ2) is 5.85. The lowest BCUT2D eigenvalue weighted by atomic mass is 10.3. The molecule has 1 aromatic carbocycles. The first-order valence-electron chi connectivity index (χ1n) is 6.51. The first kappa shape index (κ1) is 14.1. The minimum atomic E-state index is -0.0838. The highest BCUT2D eigenvalue weighted by Gasteiger charge is 2.06. The van der Waals surface area contributed by atoms with E-state index in [9.17, 15) is 4.79 Å². The Balaban J connectivity index is 1.92. The Labute approximate surface area is 135 Å². The van der Waals surface area contributed by atoms with Gasteiger partial charge in [-0.15, -0.1) is 0 Å². The van der Waals surface area contributed by atoms with E-state index < -0.39 is 0 Å². The second-order valence-corrected chi connectivity index (χ2v) is 5.83. The Hall–Kier alpha value is -1.89. The predicted molar refractivity (Wildman–Crippen MR) is 89.7 cm³/mol. The number of aryl methyl sites for hydroxylation is 1. The summed E-state index contributed by atoms with van der Waals surface area (Å²) in [7, 11) is 0. The molecule has 3 aromatic rings. The molecule has 106 valence electrons. The fourth-order valence-corrected chi connectivity index (χ4v) is 2.69. The van der Waals surface area contributed by atoms with Crippen molar-refractivity contribution in [1.29, 1.82) is 0 Å². The number of aromatic nitrogens is 2. The van der Waals surface area contributed by atoms with Crippen molar-refractivity contribution in [2.24, 2.45) is 0 Å². The molecule has 5 heteroatoms. The number of nitrogens with zero attached hydrogens (tertiary/aromatic N) is 2. The summed E-state index contributed by atoms with van der Waals surface area (Å²) < 4.78 is 8.36. The SMILES string of the molecule is Cc1cccc2nc(COc3ccccc3I)cc(=O)n12. The lowest BCUT2D eigenvalue weighted by molar-refractivity contribution is 0.299. The van der Waals surface area contributed by atoms with E-state index in [1.807, 2.05) is 49.4 Å². The second-order valence-electron chi connectivity index (χ2n) is 4.67. The van der Waals surface area contributed by atoms with E-state index in [0.29, 0.717) is 11.3 Å². The average molecular weight is 392 g/mol. The fraction of sp³-hybridized carbons (Fsp3) is 0.125. The Morgan fingerprint density at radius 1 is 1.19 bits per heavy atom. The summed E-state index contributed by atoms with van der Waals surface area (Å²) in [4.78, 5) is 16.6. The largest absolute Gasteiger partial charge is 0.486 e. The van der Waals surface area contributed by atoms with E-state index in [1.54, 1.807) is 4.40 Å². The average Bonchev–Trinajstić information content (AvgIpc) is 2.46. The Bertz CT molecular complexity index is 858. The van der Waals surface area contributed by atoms with Gasteiger partial charge in [-0.3, -0.25) is 9.20 Å². The molecule has 0 bridgehead atoms. The van der Waals surface area contributed by atoms with Crippen LogP contribution in [0, 0.1) is 10.5 Å². The van der Waals surface area contributed by atoms with Gasteiger partial charge in [-0.1, -0.05) is 18.2 Å². The molecule has 21 heavy (non-hydrogen) atoms. The Kier molecular flexibility index (Phi) is 3.92. The molecule has 4 nitrogen and oxygen atoms in total. The summed E-state index contributed by atoms with van der Waals surface area (Å²) >= 11 is 2.22. The van der Waals surface area contributed by atoms with Crippen molar-refractivity contribution in [3.63, 3.8) is 0 Å². The number of rotatable bonds is 3. The summed E-state index contributed by atoms with van der Waals surface area (Å²) in [6.45, 7) is 2.16. The van der Waals surface area contributed by atoms with Crippen LogP contribution in [-0.4, -0.2) is 9.38 Å². The quantitative estimate of drug-likeness (QED) is 0.644. The molecule has 3 rings (SSSR count). The molecule has 0 aliphatic heterocycles. The summed E-state index contributed by atoms with van der Waals surface area (Å²) in [6.07, 6.45) is 0. The number of benzene rings is 1. The topological polar surface area (TPSA) is 43.6 Å². The maximum atomic E-state index is 12.2. The van der Waals surface area contributed by atoms with E-state index in [0.717, 1.165) is 15.0 Å². The monoisotopic (exact) mass is 392 g/mol. The van der Waals surface area contributed by atoms with Crippen molar-refractivity contribution < 1.29 is 4.74 Å². The smallest absolute Gasteiger partial charge is 0.258 e. The first-order chi connectivity index (χ1) is 10.1. The lowest BCUT2D eigenvalue weighted by Crippen LogP contribution is -2.18. The van der Waals surface area contributed by atoms with Gasteiger partial charge in [-0.05, 0) is 53.8 Å². The van der Waals surface area contributed by atoms with Crippen molar-refractivity contribution in [3.05, 3.63) is 73.8 Å². The number of fused-ring (bicyclic) bond motifs is 1. The van der Waals surface area contributed by atoms with Gasteiger partial charge in [0.15, 0.2) is 0 Å². The molecule has 0 aliphatic carbocycles. The van der Waals surface area contributed by atoms with Crippen LogP contribution >= 0.6 is 22.6 Å². The number of hydrogen-bond acceptors (Lipinski definition) is 3. The highest BCUT2D eigenvalue weighted by molar-refractivity contribution is 14.1. The van der Waals surface area contributed by atoms with Crippen molar-refractivity contribution >= 4 is 28.2 Å². The maximum absolute atomic E-state index is 12.2. The lowest BCUT2D eigenvalue weighted by Gasteiger charge is -2.09. The van der Waals surface area contributed by atoms with Crippen LogP contribution in [0.5, 0.6) is 5.75 Å². The molecule has 0 saturated heterocycles. The number of pyridine rings is 1. The Morgan fingerprint density at radius 3 is 2.81 bits per heavy atom. The van der Waals surface area contributed by atoms with Gasteiger partial charge >= 0.3 is 0 Å². The number of hydrogen-bond donors (Lipinski definition) is 0. The molecule has 0 N–H and O–H groups in total. The molecular weight excluding hydrogens is 379 g/mol. The van der Waals surface area contributed by atoms with Crippen LogP contribution < -0.4 is 10.3 Å². The van der Waals surface area contributed by atoms with Crippen LogP contribution in [0.25, 0.3) is 5.65 Å². The minimum Gasteiger partial charge on any atom is -0.486 e. The highest BCUT2D eigenvalue weighted by atomic mass is 127. The van der Waals surface area contributed by atoms with Crippen LogP contribution in [0.4, 0.5) is 0 Å². The van der Waals surface area contributed by atoms with E-state index in [1.165, 1.54) is 6.07 Å². The zero-order valence-corrected chi connectivity index (χ0v) is 13.6. The van der Waals surface area contributed by atoms with Gasteiger partial charge in [0.25, 0.3) is 5.56 Å². The summed E-state index contributed by atoms with van der Waals surface area (Å²) in [5, 5.41) is 0. The van der Waals surface area contributed by atoms with Gasteiger partial charge in [-0.25, -0.2) is 4.98 Å². The molecule has 0 fully saturated rings. The van der Waals surface area contributed by atoms with E-state index >= 15 is 0 Å². The Morgan fingerprint density at radius 2 is 2.00 bits per heavy atom. The molecule has 0 aliphatic rings. The molecule has 0 saturated carbocycles. The highest BCUT2D eigenvalue weighted by Crippen LogP contribution is 2.20. The number of ether oxygens (including phenoxy) is 1. The van der Waals surface area contributed by atoms with Crippen molar-refractivity contribution in [3.8, 4) is 5.75 Å². The van der Waals surface area contributed by atoms with Crippen molar-refractivity contribution in [2.75, 3.05) is 0 Å². The van der Waals surface area contributed by atoms with Gasteiger partial charge in [0.05, 0.1) is 9.26 Å². The van der Waals surface area contributed by atoms with E-state index in [-0.39, 0.29) is 12.2 Å². The van der Waals surface area contributed by atoms with Gasteiger partial charge in [-0.2, -0.15) is 0 Å². The van der Waals surface area contributed by atoms with E-state index in [2.05, 4.69) is 27.6 Å². The summed E-state index contributed by atoms with van der Waals surface area (Å²) in [5.41, 5.74) is 2.06. The number of halogens is 1. The maximum Gasteiger partial charge on any atom is 0.258 e. The van der Waals surface area contributed by atoms with Crippen molar-refractivity contribution in [2.45, 2.75) is 13.5 Å². The normalized spacial score (nSPS) is 10.8. The zero-order valence-electron chi connectivity index (χ0n) is 11.4. The fourth-order valence-electron chi connectivity index (χ4n) is 2.15. The molecule has 0 unspecified atom stereocenters. The van der Waals surface area contributed by atoms with Crippen LogP contribution in [0.2, 0.25) is 0 Å². The van der Waals surface area contributed by atoms with Crippen LogP contribution in [0.3, 0.4) is 0 Å². The predicted octanol–water partition coefficient (Wildman–Crippen LogP) is 3.19. The molecule has 0 atom stereocenters. The van der Waals surface area contributed by atoms with Gasteiger partial charge < -0.3 is 4.74 Å². The zero-order chi connectivity index (χ0) is 14.8. The third-order valence-electron chi connectivity index (χ3n) is 3.15. The van der Waals surface area contributed by atoms with Gasteiger partial charge in [0, 0.05) is 11.8 Å². The van der Waals surface area contributed by atoms with Crippen LogP contribution in [-0.2, 0) is 6.61 Å². The first-order valence-corrected chi connectivity index (χ1v) is 7.58. The minimum absolute atomic E-state index is 0.0838. The third kappa shape index (κ3) is 2.92. The summed E-state index contributed by atoms with van der Waals surface area (Å²) in [6, 6.07) is 14.9. The molecular formula is C16H13IN2O2. The molecule has 2 aromatic heterocycles. The van der Waals surface area contributed by atoms with Crippen molar-refractivity contribution in [1.82, 2.24) is 9.38 Å². The van der Waals surface area contributed by atoms with Crippen LogP contribution in [0.1, 0.15) is 11.4 Å². The van der Waals surface area contributed by atoms with E-state index in [4.69, 9.17) is 4.74 Å². The van der Waals surface area contributed by atoms with Crippen LogP contribution in [0.15, 0.2) is 53.3 Å². The van der Waals surface area contributed by atoms with Gasteiger partial charge in [0.1, 0.15) is 18.0 Å². The number of para-hydroxylation sites is 1. The molecule has 0 spiro atoms. The standard InChI is InChI=1S/C16H13IN2O2/c1-11-5-4-8-15-18-12(9-16(20)19(11)15)10-21-14-7-3-2-6-13(14)17/h2-9H,10H2,1H3. The third-order valence-corrected chi connectivity index (χ3v) is 4.04. The van der Waals surface area contributed by atoms with Gasteiger partial charge in [0.2, 0.25) is 0 Å².